The van der Waals surface area contributed by atoms with Gasteiger partial charge in [0.2, 0.25) is 5.88 Å². The number of rotatable bonds is 14. The van der Waals surface area contributed by atoms with Crippen molar-refractivity contribution in [2.45, 2.75) is 46.8 Å². The highest BCUT2D eigenvalue weighted by molar-refractivity contribution is 5.68. The first-order valence-corrected chi connectivity index (χ1v) is 12.5. The van der Waals surface area contributed by atoms with E-state index in [1.807, 2.05) is 30.3 Å². The zero-order valence-corrected chi connectivity index (χ0v) is 21.3. The fourth-order valence-corrected chi connectivity index (χ4v) is 4.00. The molecule has 0 bridgehead atoms. The summed E-state index contributed by atoms with van der Waals surface area (Å²) >= 11 is 0. The van der Waals surface area contributed by atoms with Gasteiger partial charge >= 0.3 is 0 Å². The van der Waals surface area contributed by atoms with Crippen LogP contribution in [0.25, 0.3) is 11.3 Å². The van der Waals surface area contributed by atoms with E-state index in [1.165, 1.54) is 12.1 Å². The Bertz CT molecular complexity index is 1000. The summed E-state index contributed by atoms with van der Waals surface area (Å²) < 4.78 is 25.2. The summed E-state index contributed by atoms with van der Waals surface area (Å²) in [6.07, 6.45) is 0.331. The van der Waals surface area contributed by atoms with Crippen LogP contribution in [-0.4, -0.2) is 54.1 Å². The number of aliphatic hydroxyl groups is 1. The van der Waals surface area contributed by atoms with Gasteiger partial charge in [-0.1, -0.05) is 37.2 Å². The molecule has 1 atom stereocenters. The van der Waals surface area contributed by atoms with E-state index in [0.29, 0.717) is 24.7 Å². The third kappa shape index (κ3) is 7.80. The highest BCUT2D eigenvalue weighted by atomic mass is 19.1. The van der Waals surface area contributed by atoms with Gasteiger partial charge < -0.3 is 19.3 Å². The molecule has 1 aromatic heterocycles. The van der Waals surface area contributed by atoms with Crippen molar-refractivity contribution < 1.29 is 18.8 Å². The minimum Gasteiger partial charge on any atom is -0.491 e. The van der Waals surface area contributed by atoms with Gasteiger partial charge in [-0.15, -0.1) is 0 Å². The van der Waals surface area contributed by atoms with Crippen LogP contribution in [0.3, 0.4) is 0 Å². The minimum atomic E-state index is -0.659. The van der Waals surface area contributed by atoms with Crippen LogP contribution >= 0.6 is 0 Å². The van der Waals surface area contributed by atoms with Crippen molar-refractivity contribution in [1.29, 1.82) is 0 Å². The molecule has 2 aromatic carbocycles. The molecule has 0 saturated heterocycles. The molecule has 0 aliphatic rings. The number of halogens is 1. The van der Waals surface area contributed by atoms with Gasteiger partial charge in [0.25, 0.3) is 0 Å². The van der Waals surface area contributed by atoms with Crippen molar-refractivity contribution >= 4 is 5.88 Å². The molecule has 0 radical (unpaired) electrons. The van der Waals surface area contributed by atoms with E-state index in [4.69, 9.17) is 9.26 Å². The van der Waals surface area contributed by atoms with Crippen LogP contribution in [0.2, 0.25) is 0 Å². The monoisotopic (exact) mass is 483 g/mol. The normalized spacial score (nSPS) is 12.3. The molecule has 35 heavy (non-hydrogen) atoms. The molecule has 1 heterocycles. The quantitative estimate of drug-likeness (QED) is 0.321. The number of anilines is 1. The van der Waals surface area contributed by atoms with Crippen molar-refractivity contribution in [2.24, 2.45) is 5.92 Å². The SMILES string of the molecule is CCN(CC)c1onc(-c2ccc(F)cc2)c1CN(CCC(C)C)CC(O)COc1ccccc1. The number of aliphatic hydroxyl groups excluding tert-OH is 1. The zero-order valence-electron chi connectivity index (χ0n) is 21.3. The minimum absolute atomic E-state index is 0.208. The molecule has 7 heteroatoms. The first-order valence-electron chi connectivity index (χ1n) is 12.5. The lowest BCUT2D eigenvalue weighted by Gasteiger charge is -2.27. The Morgan fingerprint density at radius 1 is 1.03 bits per heavy atom. The summed E-state index contributed by atoms with van der Waals surface area (Å²) in [6, 6.07) is 15.8. The standard InChI is InChI=1S/C28H38FN3O3/c1-5-32(6-2)28-26(27(30-35-28)22-12-14-23(29)15-13-22)19-31(17-16-21(3)4)18-24(33)20-34-25-10-8-7-9-11-25/h7-15,21,24,33H,5-6,16-20H2,1-4H3. The summed E-state index contributed by atoms with van der Waals surface area (Å²) in [6.45, 7) is 12.1. The number of para-hydroxylation sites is 1. The highest BCUT2D eigenvalue weighted by Gasteiger charge is 2.24. The van der Waals surface area contributed by atoms with Gasteiger partial charge in [0.15, 0.2) is 0 Å². The number of aromatic nitrogens is 1. The smallest absolute Gasteiger partial charge is 0.232 e. The molecule has 0 fully saturated rings. The second-order valence-electron chi connectivity index (χ2n) is 9.19. The molecule has 0 amide bonds. The Kier molecular flexibility index (Phi) is 10.1. The van der Waals surface area contributed by atoms with Gasteiger partial charge in [-0.25, -0.2) is 4.39 Å². The van der Waals surface area contributed by atoms with E-state index in [0.717, 1.165) is 48.8 Å². The van der Waals surface area contributed by atoms with Crippen molar-refractivity contribution in [1.82, 2.24) is 10.1 Å². The second-order valence-corrected chi connectivity index (χ2v) is 9.19. The summed E-state index contributed by atoms with van der Waals surface area (Å²) in [4.78, 5) is 4.36. The fraction of sp³-hybridized carbons (Fsp3) is 0.464. The predicted molar refractivity (Wildman–Crippen MR) is 138 cm³/mol. The maximum Gasteiger partial charge on any atom is 0.232 e. The van der Waals surface area contributed by atoms with Crippen molar-refractivity contribution in [3.63, 3.8) is 0 Å². The summed E-state index contributed by atoms with van der Waals surface area (Å²) in [5.41, 5.74) is 2.46. The van der Waals surface area contributed by atoms with Gasteiger partial charge in [0.05, 0.1) is 5.56 Å². The lowest BCUT2D eigenvalue weighted by molar-refractivity contribution is 0.0639. The Balaban J connectivity index is 1.83. The van der Waals surface area contributed by atoms with E-state index in [1.54, 1.807) is 12.1 Å². The van der Waals surface area contributed by atoms with Gasteiger partial charge in [-0.05, 0) is 69.1 Å². The van der Waals surface area contributed by atoms with Crippen molar-refractivity contribution in [3.05, 3.63) is 66.0 Å². The number of hydrogen-bond acceptors (Lipinski definition) is 6. The molecule has 0 aliphatic heterocycles. The molecule has 0 spiro atoms. The van der Waals surface area contributed by atoms with Crippen LogP contribution < -0.4 is 9.64 Å². The molecule has 0 aliphatic carbocycles. The number of hydrogen-bond donors (Lipinski definition) is 1. The van der Waals surface area contributed by atoms with E-state index in [-0.39, 0.29) is 12.4 Å². The van der Waals surface area contributed by atoms with Crippen LogP contribution in [0.15, 0.2) is 59.1 Å². The van der Waals surface area contributed by atoms with Crippen LogP contribution in [-0.2, 0) is 6.54 Å². The Labute approximate surface area is 208 Å². The summed E-state index contributed by atoms with van der Waals surface area (Å²) in [5, 5.41) is 15.2. The zero-order chi connectivity index (χ0) is 25.2. The first kappa shape index (κ1) is 26.7. The Morgan fingerprint density at radius 2 is 1.71 bits per heavy atom. The summed E-state index contributed by atoms with van der Waals surface area (Å²) in [7, 11) is 0. The molecule has 6 nitrogen and oxygen atoms in total. The predicted octanol–water partition coefficient (Wildman–Crippen LogP) is 5.61. The average molecular weight is 484 g/mol. The van der Waals surface area contributed by atoms with Gasteiger partial charge in [-0.3, -0.25) is 4.90 Å². The van der Waals surface area contributed by atoms with E-state index in [9.17, 15) is 9.50 Å². The van der Waals surface area contributed by atoms with Crippen LogP contribution in [0, 0.1) is 11.7 Å². The Morgan fingerprint density at radius 3 is 2.34 bits per heavy atom. The molecular formula is C28H38FN3O3. The molecule has 190 valence electrons. The van der Waals surface area contributed by atoms with E-state index >= 15 is 0 Å². The van der Waals surface area contributed by atoms with Gasteiger partial charge in [-0.2, -0.15) is 0 Å². The number of benzene rings is 2. The number of nitrogens with zero attached hydrogens (tertiary/aromatic N) is 3. The Hall–Kier alpha value is -2.90. The van der Waals surface area contributed by atoms with E-state index in [2.05, 4.69) is 42.7 Å². The van der Waals surface area contributed by atoms with E-state index < -0.39 is 6.10 Å². The molecule has 3 aromatic rings. The van der Waals surface area contributed by atoms with Crippen LogP contribution in [0.5, 0.6) is 5.75 Å². The highest BCUT2D eigenvalue weighted by Crippen LogP contribution is 2.33. The maximum atomic E-state index is 13.6. The lowest BCUT2D eigenvalue weighted by atomic mass is 10.1. The molecule has 3 rings (SSSR count). The topological polar surface area (TPSA) is 62.0 Å². The third-order valence-corrected chi connectivity index (χ3v) is 5.99. The van der Waals surface area contributed by atoms with Crippen LogP contribution in [0.4, 0.5) is 10.3 Å². The van der Waals surface area contributed by atoms with Crippen LogP contribution in [0.1, 0.15) is 39.7 Å². The largest absolute Gasteiger partial charge is 0.491 e. The van der Waals surface area contributed by atoms with Gasteiger partial charge in [0, 0.05) is 31.7 Å². The maximum absolute atomic E-state index is 13.6. The van der Waals surface area contributed by atoms with Gasteiger partial charge in [0.1, 0.15) is 30.0 Å². The molecule has 1 unspecified atom stereocenters. The fourth-order valence-electron chi connectivity index (χ4n) is 4.00. The molecule has 1 N–H and O–H groups in total. The first-order chi connectivity index (χ1) is 16.9. The van der Waals surface area contributed by atoms with Crippen molar-refractivity contribution in [2.75, 3.05) is 37.7 Å². The van der Waals surface area contributed by atoms with Crippen molar-refractivity contribution in [3.8, 4) is 17.0 Å². The molecule has 0 saturated carbocycles. The lowest BCUT2D eigenvalue weighted by Crippen LogP contribution is -2.37. The second kappa shape index (κ2) is 13.3. The summed E-state index contributed by atoms with van der Waals surface area (Å²) in [5.74, 6) is 1.69. The molecular weight excluding hydrogens is 445 g/mol. The third-order valence-electron chi connectivity index (χ3n) is 5.99. The average Bonchev–Trinajstić information content (AvgIpc) is 3.26. The number of ether oxygens (including phenoxy) is 1.